The van der Waals surface area contributed by atoms with E-state index < -0.39 is 10.8 Å². The zero-order chi connectivity index (χ0) is 8.55. The standard InChI is InChI=1S/C9H11NOS/c10-7-1-3-8(4-2-7)12(11)9-5-6-9/h1-4,9H,5-6,10H2. The van der Waals surface area contributed by atoms with Crippen molar-refractivity contribution < 1.29 is 4.21 Å². The van der Waals surface area contributed by atoms with Crippen molar-refractivity contribution in [2.24, 2.45) is 0 Å². The molecule has 0 aromatic heterocycles. The van der Waals surface area contributed by atoms with E-state index in [-0.39, 0.29) is 0 Å². The molecule has 1 atom stereocenters. The van der Waals surface area contributed by atoms with Gasteiger partial charge in [-0.05, 0) is 37.1 Å². The Morgan fingerprint density at radius 2 is 1.83 bits per heavy atom. The van der Waals surface area contributed by atoms with Gasteiger partial charge in [-0.2, -0.15) is 0 Å². The summed E-state index contributed by atoms with van der Waals surface area (Å²) >= 11 is 0. The Bertz CT molecular complexity index is 303. The monoisotopic (exact) mass is 181 g/mol. The van der Waals surface area contributed by atoms with Crippen molar-refractivity contribution in [3.8, 4) is 0 Å². The maximum absolute atomic E-state index is 11.6. The fourth-order valence-electron chi connectivity index (χ4n) is 1.08. The van der Waals surface area contributed by atoms with Gasteiger partial charge in [0, 0.05) is 15.8 Å². The van der Waals surface area contributed by atoms with Crippen LogP contribution >= 0.6 is 0 Å². The maximum atomic E-state index is 11.6. The van der Waals surface area contributed by atoms with Crippen molar-refractivity contribution in [3.63, 3.8) is 0 Å². The Hall–Kier alpha value is -0.830. The number of hydrogen-bond acceptors (Lipinski definition) is 2. The second kappa shape index (κ2) is 2.90. The third kappa shape index (κ3) is 1.50. The summed E-state index contributed by atoms with van der Waals surface area (Å²) in [5.41, 5.74) is 6.25. The highest BCUT2D eigenvalue weighted by Crippen LogP contribution is 2.30. The molecule has 1 aromatic carbocycles. The average molecular weight is 181 g/mol. The minimum atomic E-state index is -0.788. The SMILES string of the molecule is Nc1ccc(S(=O)C2CC2)cc1. The summed E-state index contributed by atoms with van der Waals surface area (Å²) in [6, 6.07) is 7.30. The summed E-state index contributed by atoms with van der Waals surface area (Å²) in [4.78, 5) is 0.909. The first-order chi connectivity index (χ1) is 5.77. The van der Waals surface area contributed by atoms with Crippen LogP contribution in [-0.4, -0.2) is 9.46 Å². The minimum absolute atomic E-state index is 0.411. The number of nitrogen functional groups attached to an aromatic ring is 1. The predicted molar refractivity (Wildman–Crippen MR) is 50.3 cm³/mol. The molecule has 0 amide bonds. The van der Waals surface area contributed by atoms with Crippen LogP contribution in [0.15, 0.2) is 29.2 Å². The van der Waals surface area contributed by atoms with Gasteiger partial charge >= 0.3 is 0 Å². The van der Waals surface area contributed by atoms with E-state index in [4.69, 9.17) is 5.73 Å². The van der Waals surface area contributed by atoms with Gasteiger partial charge in [-0.3, -0.25) is 4.21 Å². The summed E-state index contributed by atoms with van der Waals surface area (Å²) in [5.74, 6) is 0. The summed E-state index contributed by atoms with van der Waals surface area (Å²) in [5, 5.41) is 0.411. The lowest BCUT2D eigenvalue weighted by Crippen LogP contribution is -1.97. The molecule has 2 nitrogen and oxygen atoms in total. The molecular formula is C9H11NOS. The van der Waals surface area contributed by atoms with Crippen molar-refractivity contribution in [1.82, 2.24) is 0 Å². The molecule has 1 aromatic rings. The molecule has 64 valence electrons. The zero-order valence-corrected chi connectivity index (χ0v) is 7.51. The molecule has 0 saturated heterocycles. The van der Waals surface area contributed by atoms with Crippen LogP contribution in [-0.2, 0) is 10.8 Å². The molecule has 0 radical (unpaired) electrons. The van der Waals surface area contributed by atoms with Crippen LogP contribution in [0.5, 0.6) is 0 Å². The summed E-state index contributed by atoms with van der Waals surface area (Å²) in [7, 11) is -0.788. The van der Waals surface area contributed by atoms with E-state index in [1.54, 1.807) is 12.1 Å². The van der Waals surface area contributed by atoms with Crippen LogP contribution in [0, 0.1) is 0 Å². The molecule has 1 unspecified atom stereocenters. The summed E-state index contributed by atoms with van der Waals surface area (Å²) < 4.78 is 11.6. The maximum Gasteiger partial charge on any atom is 0.0560 e. The van der Waals surface area contributed by atoms with Crippen LogP contribution in [0.4, 0.5) is 5.69 Å². The van der Waals surface area contributed by atoms with Crippen LogP contribution in [0.1, 0.15) is 12.8 Å². The van der Waals surface area contributed by atoms with Crippen molar-refractivity contribution >= 4 is 16.5 Å². The zero-order valence-electron chi connectivity index (χ0n) is 6.69. The second-order valence-corrected chi connectivity index (χ2v) is 4.80. The molecule has 0 spiro atoms. The van der Waals surface area contributed by atoms with E-state index in [1.807, 2.05) is 12.1 Å². The lowest BCUT2D eigenvalue weighted by Gasteiger charge is -1.99. The highest BCUT2D eigenvalue weighted by atomic mass is 32.2. The smallest absolute Gasteiger partial charge is 0.0560 e. The Morgan fingerprint density at radius 3 is 2.33 bits per heavy atom. The molecule has 2 rings (SSSR count). The van der Waals surface area contributed by atoms with E-state index in [1.165, 1.54) is 0 Å². The molecular weight excluding hydrogens is 170 g/mol. The largest absolute Gasteiger partial charge is 0.399 e. The van der Waals surface area contributed by atoms with Gasteiger partial charge in [-0.1, -0.05) is 0 Å². The molecule has 0 aliphatic heterocycles. The van der Waals surface area contributed by atoms with Gasteiger partial charge in [0.2, 0.25) is 0 Å². The van der Waals surface area contributed by atoms with E-state index in [0.717, 1.165) is 23.4 Å². The molecule has 1 aliphatic rings. The lowest BCUT2D eigenvalue weighted by atomic mass is 10.3. The Morgan fingerprint density at radius 1 is 1.25 bits per heavy atom. The number of hydrogen-bond donors (Lipinski definition) is 1. The number of rotatable bonds is 2. The van der Waals surface area contributed by atoms with Gasteiger partial charge in [0.05, 0.1) is 10.8 Å². The van der Waals surface area contributed by atoms with Crippen LogP contribution in [0.3, 0.4) is 0 Å². The van der Waals surface area contributed by atoms with Gasteiger partial charge in [0.1, 0.15) is 0 Å². The van der Waals surface area contributed by atoms with E-state index in [0.29, 0.717) is 5.25 Å². The van der Waals surface area contributed by atoms with Gasteiger partial charge in [0.25, 0.3) is 0 Å². The third-order valence-electron chi connectivity index (χ3n) is 1.94. The lowest BCUT2D eigenvalue weighted by molar-refractivity contribution is 0.682. The van der Waals surface area contributed by atoms with E-state index >= 15 is 0 Å². The van der Waals surface area contributed by atoms with E-state index in [2.05, 4.69) is 0 Å². The highest BCUT2D eigenvalue weighted by molar-refractivity contribution is 7.86. The van der Waals surface area contributed by atoms with Crippen molar-refractivity contribution in [1.29, 1.82) is 0 Å². The highest BCUT2D eigenvalue weighted by Gasteiger charge is 2.28. The van der Waals surface area contributed by atoms with Crippen molar-refractivity contribution in [3.05, 3.63) is 24.3 Å². The normalized spacial score (nSPS) is 19.0. The third-order valence-corrected chi connectivity index (χ3v) is 3.75. The first kappa shape index (κ1) is 7.80. The van der Waals surface area contributed by atoms with Crippen LogP contribution in [0.2, 0.25) is 0 Å². The van der Waals surface area contributed by atoms with Gasteiger partial charge in [-0.15, -0.1) is 0 Å². The summed E-state index contributed by atoms with van der Waals surface area (Å²) in [6.07, 6.45) is 2.22. The Balaban J connectivity index is 2.22. The fourth-order valence-corrected chi connectivity index (χ4v) is 2.43. The first-order valence-corrected chi connectivity index (χ1v) is 5.25. The fraction of sp³-hybridized carbons (Fsp3) is 0.333. The van der Waals surface area contributed by atoms with Crippen LogP contribution < -0.4 is 5.73 Å². The first-order valence-electron chi connectivity index (χ1n) is 4.03. The molecule has 2 N–H and O–H groups in total. The molecule has 1 fully saturated rings. The van der Waals surface area contributed by atoms with Gasteiger partial charge < -0.3 is 5.73 Å². The van der Waals surface area contributed by atoms with Crippen LogP contribution in [0.25, 0.3) is 0 Å². The number of benzene rings is 1. The van der Waals surface area contributed by atoms with Crippen molar-refractivity contribution in [2.75, 3.05) is 5.73 Å². The molecule has 3 heteroatoms. The minimum Gasteiger partial charge on any atom is -0.399 e. The van der Waals surface area contributed by atoms with E-state index in [9.17, 15) is 4.21 Å². The molecule has 12 heavy (non-hydrogen) atoms. The Labute approximate surface area is 74.2 Å². The average Bonchev–Trinajstić information content (AvgIpc) is 2.87. The quantitative estimate of drug-likeness (QED) is 0.703. The van der Waals surface area contributed by atoms with Gasteiger partial charge in [-0.25, -0.2) is 0 Å². The summed E-state index contributed by atoms with van der Waals surface area (Å²) in [6.45, 7) is 0. The molecule has 0 bridgehead atoms. The van der Waals surface area contributed by atoms with Gasteiger partial charge in [0.15, 0.2) is 0 Å². The molecule has 1 aliphatic carbocycles. The topological polar surface area (TPSA) is 43.1 Å². The second-order valence-electron chi connectivity index (χ2n) is 3.07. The predicted octanol–water partition coefficient (Wildman–Crippen LogP) is 1.54. The van der Waals surface area contributed by atoms with Crippen molar-refractivity contribution in [2.45, 2.75) is 23.0 Å². The number of anilines is 1. The Kier molecular flexibility index (Phi) is 1.89. The number of nitrogens with two attached hydrogens (primary N) is 1. The molecule has 0 heterocycles. The molecule has 1 saturated carbocycles.